The Labute approximate surface area is 104 Å². The van der Waals surface area contributed by atoms with Crippen LogP contribution in [0.4, 0.5) is 0 Å². The minimum Gasteiger partial charge on any atom is -0.356 e. The molecule has 4 heteroatoms. The van der Waals surface area contributed by atoms with Gasteiger partial charge in [0.05, 0.1) is 6.54 Å². The average Bonchev–Trinajstić information content (AvgIpc) is 2.67. The van der Waals surface area contributed by atoms with E-state index in [-0.39, 0.29) is 0 Å². The standard InChI is InChI=1S/C12H16BrN3/c1-9-8-15-12(16-9)14-7-6-10-2-4-11(13)5-3-10/h2-5,9H,6-8H2,1H3,(H2,14,15,16). The normalized spacial score (nSPS) is 19.1. The molecule has 1 aliphatic heterocycles. The molecular weight excluding hydrogens is 266 g/mol. The van der Waals surface area contributed by atoms with Crippen LogP contribution in [0.1, 0.15) is 12.5 Å². The van der Waals surface area contributed by atoms with Crippen LogP contribution in [0.3, 0.4) is 0 Å². The van der Waals surface area contributed by atoms with Gasteiger partial charge >= 0.3 is 0 Å². The van der Waals surface area contributed by atoms with Gasteiger partial charge in [-0.3, -0.25) is 4.99 Å². The first-order chi connectivity index (χ1) is 7.74. The fraction of sp³-hybridized carbons (Fsp3) is 0.417. The fourth-order valence-corrected chi connectivity index (χ4v) is 1.90. The molecular formula is C12H16BrN3. The molecule has 0 spiro atoms. The highest BCUT2D eigenvalue weighted by atomic mass is 79.9. The van der Waals surface area contributed by atoms with Gasteiger partial charge in [-0.25, -0.2) is 0 Å². The van der Waals surface area contributed by atoms with Gasteiger partial charge in [-0.15, -0.1) is 0 Å². The minimum atomic E-state index is 0.468. The molecule has 86 valence electrons. The summed E-state index contributed by atoms with van der Waals surface area (Å²) in [6, 6.07) is 8.89. The highest BCUT2D eigenvalue weighted by molar-refractivity contribution is 9.10. The van der Waals surface area contributed by atoms with Gasteiger partial charge in [-0.2, -0.15) is 0 Å². The number of guanidine groups is 1. The Morgan fingerprint density at radius 2 is 2.19 bits per heavy atom. The Morgan fingerprint density at radius 3 is 2.81 bits per heavy atom. The number of nitrogens with zero attached hydrogens (tertiary/aromatic N) is 1. The largest absolute Gasteiger partial charge is 0.356 e. The van der Waals surface area contributed by atoms with Crippen molar-refractivity contribution < 1.29 is 0 Å². The predicted molar refractivity (Wildman–Crippen MR) is 70.7 cm³/mol. The molecule has 0 aromatic heterocycles. The Balaban J connectivity index is 1.74. The average molecular weight is 282 g/mol. The first-order valence-corrected chi connectivity index (χ1v) is 6.32. The van der Waals surface area contributed by atoms with E-state index >= 15 is 0 Å². The number of benzene rings is 1. The van der Waals surface area contributed by atoms with E-state index in [2.05, 4.69) is 62.7 Å². The van der Waals surface area contributed by atoms with E-state index < -0.39 is 0 Å². The van der Waals surface area contributed by atoms with Crippen molar-refractivity contribution in [1.29, 1.82) is 0 Å². The van der Waals surface area contributed by atoms with Crippen molar-refractivity contribution in [3.63, 3.8) is 0 Å². The lowest BCUT2D eigenvalue weighted by Gasteiger charge is -2.08. The lowest BCUT2D eigenvalue weighted by molar-refractivity contribution is 0.712. The number of hydrogen-bond donors (Lipinski definition) is 2. The first-order valence-electron chi connectivity index (χ1n) is 5.53. The maximum absolute atomic E-state index is 4.35. The van der Waals surface area contributed by atoms with Crippen molar-refractivity contribution in [2.45, 2.75) is 19.4 Å². The van der Waals surface area contributed by atoms with Gasteiger partial charge in [0.15, 0.2) is 5.96 Å². The van der Waals surface area contributed by atoms with Crippen LogP contribution in [0, 0.1) is 0 Å². The molecule has 2 N–H and O–H groups in total. The Kier molecular flexibility index (Phi) is 3.83. The fourth-order valence-electron chi connectivity index (χ4n) is 1.64. The molecule has 1 atom stereocenters. The van der Waals surface area contributed by atoms with Crippen molar-refractivity contribution in [3.8, 4) is 0 Å². The number of nitrogens with one attached hydrogen (secondary N) is 2. The maximum Gasteiger partial charge on any atom is 0.191 e. The van der Waals surface area contributed by atoms with Crippen LogP contribution in [-0.4, -0.2) is 25.1 Å². The summed E-state index contributed by atoms with van der Waals surface area (Å²) >= 11 is 3.43. The van der Waals surface area contributed by atoms with Crippen molar-refractivity contribution in [3.05, 3.63) is 34.3 Å². The Hall–Kier alpha value is -1.03. The summed E-state index contributed by atoms with van der Waals surface area (Å²) in [5, 5.41) is 6.58. The summed E-state index contributed by atoms with van der Waals surface area (Å²) in [5.74, 6) is 0.935. The molecule has 0 saturated heterocycles. The van der Waals surface area contributed by atoms with Gasteiger partial charge in [-0.1, -0.05) is 28.1 Å². The zero-order valence-corrected chi connectivity index (χ0v) is 10.9. The summed E-state index contributed by atoms with van der Waals surface area (Å²) in [6.07, 6.45) is 1.02. The molecule has 0 fully saturated rings. The third-order valence-corrected chi connectivity index (χ3v) is 3.05. The zero-order valence-electron chi connectivity index (χ0n) is 9.33. The molecule has 0 bridgehead atoms. The molecule has 1 aliphatic rings. The van der Waals surface area contributed by atoms with Crippen LogP contribution in [0.15, 0.2) is 33.7 Å². The molecule has 16 heavy (non-hydrogen) atoms. The Bertz CT molecular complexity index is 372. The van der Waals surface area contributed by atoms with Crippen LogP contribution >= 0.6 is 15.9 Å². The van der Waals surface area contributed by atoms with Gasteiger partial charge in [0.1, 0.15) is 0 Å². The topological polar surface area (TPSA) is 36.4 Å². The van der Waals surface area contributed by atoms with Crippen molar-refractivity contribution >= 4 is 21.9 Å². The van der Waals surface area contributed by atoms with Crippen LogP contribution in [0.5, 0.6) is 0 Å². The van der Waals surface area contributed by atoms with Crippen molar-refractivity contribution in [2.75, 3.05) is 13.1 Å². The Morgan fingerprint density at radius 1 is 1.44 bits per heavy atom. The van der Waals surface area contributed by atoms with E-state index in [1.165, 1.54) is 5.56 Å². The van der Waals surface area contributed by atoms with E-state index in [0.29, 0.717) is 6.04 Å². The zero-order chi connectivity index (χ0) is 11.4. The van der Waals surface area contributed by atoms with Crippen molar-refractivity contribution in [1.82, 2.24) is 10.6 Å². The number of hydrogen-bond acceptors (Lipinski definition) is 3. The maximum atomic E-state index is 4.35. The second-order valence-electron chi connectivity index (χ2n) is 4.04. The molecule has 0 radical (unpaired) electrons. The predicted octanol–water partition coefficient (Wildman–Crippen LogP) is 1.93. The smallest absolute Gasteiger partial charge is 0.191 e. The monoisotopic (exact) mass is 281 g/mol. The van der Waals surface area contributed by atoms with E-state index in [1.54, 1.807) is 0 Å². The molecule has 1 aromatic rings. The van der Waals surface area contributed by atoms with Gasteiger partial charge in [0, 0.05) is 17.1 Å². The first kappa shape index (κ1) is 11.5. The lowest BCUT2D eigenvalue weighted by Crippen LogP contribution is -2.38. The highest BCUT2D eigenvalue weighted by Gasteiger charge is 2.10. The van der Waals surface area contributed by atoms with E-state index in [4.69, 9.17) is 0 Å². The van der Waals surface area contributed by atoms with Crippen LogP contribution in [-0.2, 0) is 6.42 Å². The lowest BCUT2D eigenvalue weighted by atomic mass is 10.1. The molecule has 1 aromatic carbocycles. The van der Waals surface area contributed by atoms with Gasteiger partial charge in [0.2, 0.25) is 0 Å². The van der Waals surface area contributed by atoms with Gasteiger partial charge < -0.3 is 10.6 Å². The third-order valence-electron chi connectivity index (χ3n) is 2.53. The van der Waals surface area contributed by atoms with Gasteiger partial charge in [0.25, 0.3) is 0 Å². The highest BCUT2D eigenvalue weighted by Crippen LogP contribution is 2.10. The summed E-state index contributed by atoms with van der Waals surface area (Å²) in [4.78, 5) is 4.35. The third kappa shape index (κ3) is 3.23. The summed E-state index contributed by atoms with van der Waals surface area (Å²) < 4.78 is 1.12. The van der Waals surface area contributed by atoms with Crippen LogP contribution in [0.2, 0.25) is 0 Å². The molecule has 3 nitrogen and oxygen atoms in total. The molecule has 0 aliphatic carbocycles. The molecule has 1 heterocycles. The minimum absolute atomic E-state index is 0.468. The number of aliphatic imine (C=N–C) groups is 1. The SMILES string of the molecule is CC1CN=C(NCCc2ccc(Br)cc2)N1. The van der Waals surface area contributed by atoms with Crippen molar-refractivity contribution in [2.24, 2.45) is 4.99 Å². The molecule has 2 rings (SSSR count). The molecule has 0 saturated carbocycles. The van der Waals surface area contributed by atoms with Crippen LogP contribution < -0.4 is 10.6 Å². The molecule has 0 amide bonds. The second kappa shape index (κ2) is 5.34. The van der Waals surface area contributed by atoms with Gasteiger partial charge in [-0.05, 0) is 31.0 Å². The molecule has 1 unspecified atom stereocenters. The summed E-state index contributed by atoms with van der Waals surface area (Å²) in [5.41, 5.74) is 1.34. The second-order valence-corrected chi connectivity index (χ2v) is 4.95. The quantitative estimate of drug-likeness (QED) is 0.888. The number of halogens is 1. The van der Waals surface area contributed by atoms with E-state index in [0.717, 1.165) is 29.9 Å². The summed E-state index contributed by atoms with van der Waals surface area (Å²) in [7, 11) is 0. The van der Waals surface area contributed by atoms with E-state index in [9.17, 15) is 0 Å². The summed E-state index contributed by atoms with van der Waals surface area (Å²) in [6.45, 7) is 3.92. The van der Waals surface area contributed by atoms with E-state index in [1.807, 2.05) is 0 Å². The number of rotatable bonds is 3. The van der Waals surface area contributed by atoms with Crippen LogP contribution in [0.25, 0.3) is 0 Å².